The number of carbonyl (C=O) groups excluding carboxylic acids is 1. The maximum Gasteiger partial charge on any atom is 0.235 e. The van der Waals surface area contributed by atoms with E-state index in [1.54, 1.807) is 11.8 Å². The summed E-state index contributed by atoms with van der Waals surface area (Å²) >= 11 is 1.76. The zero-order chi connectivity index (χ0) is 14.8. The van der Waals surface area contributed by atoms with Crippen LogP contribution in [0.5, 0.6) is 0 Å². The van der Waals surface area contributed by atoms with Crippen molar-refractivity contribution in [3.05, 3.63) is 54.1 Å². The summed E-state index contributed by atoms with van der Waals surface area (Å²) in [6, 6.07) is 15.7. The lowest BCUT2D eigenvalue weighted by atomic mass is 9.99. The van der Waals surface area contributed by atoms with Gasteiger partial charge in [0.15, 0.2) is 0 Å². The molecule has 4 heteroatoms. The van der Waals surface area contributed by atoms with Crippen LogP contribution in [0.3, 0.4) is 0 Å². The summed E-state index contributed by atoms with van der Waals surface area (Å²) in [6.07, 6.45) is 0. The van der Waals surface area contributed by atoms with E-state index in [1.807, 2.05) is 48.2 Å². The van der Waals surface area contributed by atoms with Gasteiger partial charge in [-0.3, -0.25) is 4.79 Å². The second-order valence-corrected chi connectivity index (χ2v) is 6.14. The average molecular weight is 298 g/mol. The van der Waals surface area contributed by atoms with Gasteiger partial charge in [0, 0.05) is 28.6 Å². The van der Waals surface area contributed by atoms with Crippen LogP contribution in [0.25, 0.3) is 0 Å². The first-order valence-corrected chi connectivity index (χ1v) is 8.08. The third kappa shape index (κ3) is 2.63. The molecule has 3 nitrogen and oxygen atoms in total. The molecule has 0 radical (unpaired) electrons. The molecule has 1 amide bonds. The monoisotopic (exact) mass is 298 g/mol. The van der Waals surface area contributed by atoms with Gasteiger partial charge in [-0.25, -0.2) is 0 Å². The Morgan fingerprint density at radius 1 is 1.29 bits per heavy atom. The first-order valence-electron chi connectivity index (χ1n) is 7.09. The van der Waals surface area contributed by atoms with Crippen molar-refractivity contribution in [2.75, 3.05) is 22.9 Å². The molecule has 1 aliphatic rings. The Balaban J connectivity index is 1.91. The van der Waals surface area contributed by atoms with Crippen molar-refractivity contribution in [1.82, 2.24) is 0 Å². The highest BCUT2D eigenvalue weighted by Crippen LogP contribution is 2.40. The fourth-order valence-electron chi connectivity index (χ4n) is 2.71. The summed E-state index contributed by atoms with van der Waals surface area (Å²) in [7, 11) is 0. The van der Waals surface area contributed by atoms with E-state index >= 15 is 0 Å². The molecule has 21 heavy (non-hydrogen) atoms. The van der Waals surface area contributed by atoms with Crippen LogP contribution in [0.4, 0.5) is 11.4 Å². The molecule has 2 N–H and O–H groups in total. The number of nitrogens with two attached hydrogens (primary N) is 1. The van der Waals surface area contributed by atoms with Gasteiger partial charge in [-0.1, -0.05) is 24.3 Å². The molecular formula is C17H18N2OS. The minimum absolute atomic E-state index is 0.0624. The number of hydrogen-bond donors (Lipinski definition) is 1. The minimum atomic E-state index is -0.0624. The summed E-state index contributed by atoms with van der Waals surface area (Å²) in [6.45, 7) is 2.64. The van der Waals surface area contributed by atoms with E-state index in [0.717, 1.165) is 17.0 Å². The summed E-state index contributed by atoms with van der Waals surface area (Å²) in [5, 5.41) is 0. The zero-order valence-electron chi connectivity index (χ0n) is 12.0. The molecule has 2 aromatic carbocycles. The molecule has 1 atom stereocenters. The third-order valence-electron chi connectivity index (χ3n) is 3.76. The Labute approximate surface area is 129 Å². The van der Waals surface area contributed by atoms with Gasteiger partial charge in [-0.15, -0.1) is 11.8 Å². The van der Waals surface area contributed by atoms with E-state index in [2.05, 4.69) is 12.1 Å². The van der Waals surface area contributed by atoms with Gasteiger partial charge in [-0.05, 0) is 36.8 Å². The number of anilines is 2. The van der Waals surface area contributed by atoms with Crippen LogP contribution >= 0.6 is 11.8 Å². The number of benzene rings is 2. The summed E-state index contributed by atoms with van der Waals surface area (Å²) in [5.74, 6) is 0.907. The fourth-order valence-corrected chi connectivity index (χ4v) is 3.93. The second kappa shape index (κ2) is 5.82. The van der Waals surface area contributed by atoms with Crippen molar-refractivity contribution < 1.29 is 4.79 Å². The Morgan fingerprint density at radius 2 is 2.10 bits per heavy atom. The maximum absolute atomic E-state index is 12.9. The lowest BCUT2D eigenvalue weighted by molar-refractivity contribution is -0.119. The number of thioether (sulfide) groups is 1. The number of rotatable bonds is 3. The molecule has 0 saturated carbocycles. The van der Waals surface area contributed by atoms with E-state index in [4.69, 9.17) is 5.73 Å². The van der Waals surface area contributed by atoms with Crippen LogP contribution in [-0.2, 0) is 4.79 Å². The van der Waals surface area contributed by atoms with Gasteiger partial charge in [0.25, 0.3) is 0 Å². The van der Waals surface area contributed by atoms with Crippen molar-refractivity contribution in [3.63, 3.8) is 0 Å². The largest absolute Gasteiger partial charge is 0.399 e. The van der Waals surface area contributed by atoms with Gasteiger partial charge < -0.3 is 10.6 Å². The van der Waals surface area contributed by atoms with Crippen molar-refractivity contribution in [3.8, 4) is 0 Å². The van der Waals surface area contributed by atoms with E-state index in [-0.39, 0.29) is 11.8 Å². The first kappa shape index (κ1) is 14.0. The Kier molecular flexibility index (Phi) is 3.88. The molecule has 3 rings (SSSR count). The highest BCUT2D eigenvalue weighted by atomic mass is 32.2. The number of likely N-dealkylation sites (N-methyl/N-ethyl adjacent to an activating group) is 1. The van der Waals surface area contributed by atoms with Crippen molar-refractivity contribution in [2.24, 2.45) is 0 Å². The lowest BCUT2D eigenvalue weighted by Crippen LogP contribution is -2.35. The van der Waals surface area contributed by atoms with Gasteiger partial charge >= 0.3 is 0 Å². The van der Waals surface area contributed by atoms with Gasteiger partial charge in [0.1, 0.15) is 0 Å². The number of nitrogen functional groups attached to an aromatic ring is 1. The van der Waals surface area contributed by atoms with Crippen LogP contribution in [0.2, 0.25) is 0 Å². The quantitative estimate of drug-likeness (QED) is 0.882. The first-order chi connectivity index (χ1) is 10.2. The Hall–Kier alpha value is -1.94. The minimum Gasteiger partial charge on any atom is -0.399 e. The predicted molar refractivity (Wildman–Crippen MR) is 88.8 cm³/mol. The topological polar surface area (TPSA) is 46.3 Å². The van der Waals surface area contributed by atoms with Crippen LogP contribution in [-0.4, -0.2) is 18.2 Å². The zero-order valence-corrected chi connectivity index (χ0v) is 12.8. The van der Waals surface area contributed by atoms with E-state index in [0.29, 0.717) is 12.2 Å². The van der Waals surface area contributed by atoms with Crippen LogP contribution < -0.4 is 10.6 Å². The molecule has 0 saturated heterocycles. The maximum atomic E-state index is 12.9. The number of hydrogen-bond acceptors (Lipinski definition) is 3. The van der Waals surface area contributed by atoms with Gasteiger partial charge in [0.2, 0.25) is 5.91 Å². The highest BCUT2D eigenvalue weighted by Gasteiger charge is 2.32. The van der Waals surface area contributed by atoms with Crippen LogP contribution in [0, 0.1) is 0 Å². The summed E-state index contributed by atoms with van der Waals surface area (Å²) < 4.78 is 0. The van der Waals surface area contributed by atoms with E-state index < -0.39 is 0 Å². The third-order valence-corrected chi connectivity index (χ3v) is 4.94. The normalized spacial score (nSPS) is 16.5. The van der Waals surface area contributed by atoms with Gasteiger partial charge in [0.05, 0.1) is 5.92 Å². The Morgan fingerprint density at radius 3 is 2.86 bits per heavy atom. The average Bonchev–Trinajstić information content (AvgIpc) is 2.92. The van der Waals surface area contributed by atoms with Crippen LogP contribution in [0.1, 0.15) is 18.4 Å². The standard InChI is InChI=1S/C17H18N2OS/c1-2-19(13-7-5-6-12(18)10-13)17(20)15-11-21-16-9-4-3-8-14(15)16/h3-10,15H,2,11,18H2,1H3. The SMILES string of the molecule is CCN(C(=O)C1CSc2ccccc21)c1cccc(N)c1. The lowest BCUT2D eigenvalue weighted by Gasteiger charge is -2.24. The molecular weight excluding hydrogens is 280 g/mol. The molecule has 1 unspecified atom stereocenters. The molecule has 108 valence electrons. The Bertz CT molecular complexity index is 671. The molecule has 1 aliphatic heterocycles. The highest BCUT2D eigenvalue weighted by molar-refractivity contribution is 7.99. The van der Waals surface area contributed by atoms with Gasteiger partial charge in [-0.2, -0.15) is 0 Å². The summed E-state index contributed by atoms with van der Waals surface area (Å²) in [5.41, 5.74) is 8.54. The molecule has 2 aromatic rings. The van der Waals surface area contributed by atoms with Crippen molar-refractivity contribution in [2.45, 2.75) is 17.7 Å². The second-order valence-electron chi connectivity index (χ2n) is 5.08. The summed E-state index contributed by atoms with van der Waals surface area (Å²) in [4.78, 5) is 16.0. The number of fused-ring (bicyclic) bond motifs is 1. The molecule has 1 heterocycles. The molecule has 0 spiro atoms. The molecule has 0 aromatic heterocycles. The molecule has 0 bridgehead atoms. The molecule has 0 fully saturated rings. The predicted octanol–water partition coefficient (Wildman–Crippen LogP) is 3.51. The number of carbonyl (C=O) groups is 1. The number of nitrogens with zero attached hydrogens (tertiary/aromatic N) is 1. The van der Waals surface area contributed by atoms with Crippen molar-refractivity contribution >= 4 is 29.0 Å². The van der Waals surface area contributed by atoms with E-state index in [1.165, 1.54) is 4.90 Å². The van der Waals surface area contributed by atoms with Crippen LogP contribution in [0.15, 0.2) is 53.4 Å². The smallest absolute Gasteiger partial charge is 0.235 e. The number of amides is 1. The van der Waals surface area contributed by atoms with E-state index in [9.17, 15) is 4.79 Å². The molecule has 0 aliphatic carbocycles. The fraction of sp³-hybridized carbons (Fsp3) is 0.235. The van der Waals surface area contributed by atoms with Crippen molar-refractivity contribution in [1.29, 1.82) is 0 Å².